The summed E-state index contributed by atoms with van der Waals surface area (Å²) in [6, 6.07) is 67.1. The number of hydrogen-bond donors (Lipinski definition) is 0. The van der Waals surface area contributed by atoms with Crippen LogP contribution in [0.25, 0.3) is 147 Å². The molecule has 14 heteroatoms. The van der Waals surface area contributed by atoms with Gasteiger partial charge in [-0.05, 0) is 153 Å². The van der Waals surface area contributed by atoms with Crippen LogP contribution in [0, 0.1) is 0 Å². The molecule has 0 spiro atoms. The SMILES string of the molecule is CC(C)(C)c1ccc(-c2nnc(-c3cc(-c4nnc(-c5ccc(C(C)(C)C)cc5)o4)cc(-n4c5ccccc5c5cc6c(cc54)c4ccccc4n6-c4cc(-c5nnc(-c6ccc(C(C)(C)C)cc6)o5)cc(-c5nnc(-c6ccc(C(C)(C)C)cc6)o5)c4)c3)o2)cc1. The zero-order valence-corrected chi connectivity index (χ0v) is 53.6. The summed E-state index contributed by atoms with van der Waals surface area (Å²) in [6.45, 7) is 26.4. The van der Waals surface area contributed by atoms with Crippen LogP contribution in [0.15, 0.2) is 212 Å². The number of hydrogen-bond acceptors (Lipinski definition) is 12. The fourth-order valence-corrected chi connectivity index (χ4v) is 12.2. The maximum absolute atomic E-state index is 6.60. The molecular formula is C78H68N10O4. The monoisotopic (exact) mass is 1210 g/mol. The first-order chi connectivity index (χ1) is 44.1. The molecule has 0 aliphatic heterocycles. The van der Waals surface area contributed by atoms with Crippen LogP contribution in [0.4, 0.5) is 0 Å². The summed E-state index contributed by atoms with van der Waals surface area (Å²) in [5, 5.41) is 41.3. The van der Waals surface area contributed by atoms with Crippen molar-refractivity contribution < 1.29 is 17.7 Å². The second-order valence-electron chi connectivity index (χ2n) is 28.1. The maximum Gasteiger partial charge on any atom is 0.248 e. The Morgan fingerprint density at radius 1 is 0.228 bits per heavy atom. The lowest BCUT2D eigenvalue weighted by atomic mass is 9.87. The van der Waals surface area contributed by atoms with E-state index in [0.717, 1.165) is 77.2 Å². The van der Waals surface area contributed by atoms with Gasteiger partial charge >= 0.3 is 0 Å². The summed E-state index contributed by atoms with van der Waals surface area (Å²) in [5.74, 6) is 2.99. The first kappa shape index (κ1) is 57.6. The van der Waals surface area contributed by atoms with Crippen molar-refractivity contribution in [1.82, 2.24) is 49.9 Å². The van der Waals surface area contributed by atoms with Gasteiger partial charge in [0, 0.05) is 77.4 Å². The zero-order valence-electron chi connectivity index (χ0n) is 53.6. The standard InChI is InChI=1S/C78H68N10O4/c1-75(2,3)53-29-21-45(22-30-53)67-79-83-71(89-67)49-37-50(72-84-80-68(90-72)46-23-31-54(32-24-46)76(4,5)6)40-57(39-49)87-63-19-15-13-17-59(63)61-44-66-62(43-65(61)87)60-18-14-16-20-64(60)88(66)58-41-51(73-85-81-69(91-73)47-25-33-55(34-26-47)77(7,8)9)38-52(42-58)74-86-82-70(92-74)48-27-35-56(36-28-48)78(10,11)12/h13-44H,1-12H3. The van der Waals surface area contributed by atoms with Crippen molar-refractivity contribution in [3.05, 3.63) is 216 Å². The number of rotatable bonds is 10. The average Bonchev–Trinajstić information content (AvgIpc) is 1.56. The van der Waals surface area contributed by atoms with E-state index in [0.29, 0.717) is 69.4 Å². The van der Waals surface area contributed by atoms with Gasteiger partial charge in [-0.15, -0.1) is 40.8 Å². The molecule has 6 heterocycles. The molecule has 15 rings (SSSR count). The third kappa shape index (κ3) is 10.4. The summed E-state index contributed by atoms with van der Waals surface area (Å²) in [4.78, 5) is 0. The summed E-state index contributed by atoms with van der Waals surface area (Å²) in [7, 11) is 0. The van der Waals surface area contributed by atoms with Gasteiger partial charge < -0.3 is 26.8 Å². The third-order valence-corrected chi connectivity index (χ3v) is 17.5. The molecule has 0 radical (unpaired) electrons. The molecule has 0 aliphatic rings. The Bertz CT molecular complexity index is 4740. The van der Waals surface area contributed by atoms with Crippen LogP contribution in [0.5, 0.6) is 0 Å². The summed E-state index contributed by atoms with van der Waals surface area (Å²) in [6.07, 6.45) is 0. The number of aromatic nitrogens is 10. The van der Waals surface area contributed by atoms with Gasteiger partial charge in [-0.25, -0.2) is 0 Å². The van der Waals surface area contributed by atoms with Crippen LogP contribution in [0.3, 0.4) is 0 Å². The first-order valence-corrected chi connectivity index (χ1v) is 31.1. The van der Waals surface area contributed by atoms with Gasteiger partial charge in [0.15, 0.2) is 0 Å². The minimum Gasteiger partial charge on any atom is -0.416 e. The highest BCUT2D eigenvalue weighted by molar-refractivity contribution is 6.19. The molecule has 92 heavy (non-hydrogen) atoms. The van der Waals surface area contributed by atoms with Crippen LogP contribution < -0.4 is 0 Å². The van der Waals surface area contributed by atoms with Gasteiger partial charge in [-0.1, -0.05) is 168 Å². The average molecular weight is 1210 g/mol. The van der Waals surface area contributed by atoms with Gasteiger partial charge in [0.25, 0.3) is 0 Å². The molecule has 0 atom stereocenters. The van der Waals surface area contributed by atoms with E-state index in [4.69, 9.17) is 17.7 Å². The van der Waals surface area contributed by atoms with Crippen molar-refractivity contribution in [2.24, 2.45) is 0 Å². The quantitative estimate of drug-likeness (QED) is 0.127. The Labute approximate surface area is 532 Å². The van der Waals surface area contributed by atoms with E-state index < -0.39 is 0 Å². The van der Waals surface area contributed by atoms with Gasteiger partial charge in [0.2, 0.25) is 47.1 Å². The van der Waals surface area contributed by atoms with E-state index in [-0.39, 0.29) is 21.7 Å². The number of para-hydroxylation sites is 2. The molecule has 14 nitrogen and oxygen atoms in total. The van der Waals surface area contributed by atoms with Crippen molar-refractivity contribution >= 4 is 43.6 Å². The normalized spacial score (nSPS) is 12.6. The van der Waals surface area contributed by atoms with Crippen molar-refractivity contribution in [1.29, 1.82) is 0 Å². The van der Waals surface area contributed by atoms with Gasteiger partial charge in [0.1, 0.15) is 0 Å². The Hall–Kier alpha value is -10.9. The van der Waals surface area contributed by atoms with Crippen LogP contribution in [-0.4, -0.2) is 49.9 Å². The Balaban J connectivity index is 0.902. The number of fused-ring (bicyclic) bond motifs is 6. The summed E-state index contributed by atoms with van der Waals surface area (Å²) < 4.78 is 31.0. The fourth-order valence-electron chi connectivity index (χ4n) is 12.2. The lowest BCUT2D eigenvalue weighted by molar-refractivity contribution is 0.580. The highest BCUT2D eigenvalue weighted by Gasteiger charge is 2.26. The topological polar surface area (TPSA) is 166 Å². The predicted octanol–water partition coefficient (Wildman–Crippen LogP) is 19.9. The fraction of sp³-hybridized carbons (Fsp3) is 0.205. The van der Waals surface area contributed by atoms with Gasteiger partial charge in [-0.2, -0.15) is 0 Å². The Morgan fingerprint density at radius 3 is 0.696 bits per heavy atom. The molecule has 15 aromatic rings. The molecule has 6 aromatic heterocycles. The van der Waals surface area contributed by atoms with Crippen LogP contribution in [-0.2, 0) is 21.7 Å². The van der Waals surface area contributed by atoms with Crippen molar-refractivity contribution in [3.63, 3.8) is 0 Å². The van der Waals surface area contributed by atoms with E-state index in [9.17, 15) is 0 Å². The molecule has 0 fully saturated rings. The van der Waals surface area contributed by atoms with E-state index in [1.165, 1.54) is 22.3 Å². The van der Waals surface area contributed by atoms with Gasteiger partial charge in [0.05, 0.1) is 22.1 Å². The van der Waals surface area contributed by atoms with Crippen LogP contribution in [0.2, 0.25) is 0 Å². The van der Waals surface area contributed by atoms with E-state index in [1.807, 2.05) is 60.7 Å². The highest BCUT2D eigenvalue weighted by atomic mass is 16.4. The molecule has 9 aromatic carbocycles. The lowest BCUT2D eigenvalue weighted by Crippen LogP contribution is -2.10. The maximum atomic E-state index is 6.60. The molecule has 0 amide bonds. The van der Waals surface area contributed by atoms with Crippen LogP contribution >= 0.6 is 0 Å². The first-order valence-electron chi connectivity index (χ1n) is 31.1. The minimum absolute atomic E-state index is 0.0169. The molecular weight excluding hydrogens is 1140 g/mol. The highest BCUT2D eigenvalue weighted by Crippen LogP contribution is 2.44. The Kier molecular flexibility index (Phi) is 13.4. The molecule has 0 saturated carbocycles. The van der Waals surface area contributed by atoms with E-state index in [2.05, 4.69) is 266 Å². The second kappa shape index (κ2) is 21.4. The van der Waals surface area contributed by atoms with E-state index in [1.54, 1.807) is 0 Å². The van der Waals surface area contributed by atoms with Crippen LogP contribution in [0.1, 0.15) is 105 Å². The zero-order chi connectivity index (χ0) is 63.6. The predicted molar refractivity (Wildman–Crippen MR) is 365 cm³/mol. The molecule has 0 aliphatic carbocycles. The molecule has 0 bridgehead atoms. The third-order valence-electron chi connectivity index (χ3n) is 17.5. The largest absolute Gasteiger partial charge is 0.416 e. The Morgan fingerprint density at radius 2 is 0.457 bits per heavy atom. The van der Waals surface area contributed by atoms with Crippen molar-refractivity contribution in [2.45, 2.75) is 105 Å². The second-order valence-corrected chi connectivity index (χ2v) is 28.1. The van der Waals surface area contributed by atoms with Crippen molar-refractivity contribution in [2.75, 3.05) is 0 Å². The minimum atomic E-state index is -0.0169. The van der Waals surface area contributed by atoms with Gasteiger partial charge in [-0.3, -0.25) is 0 Å². The summed E-state index contributed by atoms with van der Waals surface area (Å²) in [5.41, 5.74) is 16.3. The summed E-state index contributed by atoms with van der Waals surface area (Å²) >= 11 is 0. The molecule has 0 unspecified atom stereocenters. The molecule has 0 N–H and O–H groups in total. The van der Waals surface area contributed by atoms with E-state index >= 15 is 0 Å². The lowest BCUT2D eigenvalue weighted by Gasteiger charge is -2.18. The smallest absolute Gasteiger partial charge is 0.248 e. The number of benzene rings is 9. The molecule has 0 saturated heterocycles. The number of nitrogens with zero attached hydrogens (tertiary/aromatic N) is 10. The molecule has 454 valence electrons. The van der Waals surface area contributed by atoms with Crippen molar-refractivity contribution in [3.8, 4) is 103 Å².